The quantitative estimate of drug-likeness (QED) is 0.886. The first kappa shape index (κ1) is 11.8. The first-order valence-electron chi connectivity index (χ1n) is 7.53. The summed E-state index contributed by atoms with van der Waals surface area (Å²) in [6, 6.07) is 0. The molecule has 1 aromatic rings. The van der Waals surface area contributed by atoms with Crippen molar-refractivity contribution in [2.75, 3.05) is 0 Å². The van der Waals surface area contributed by atoms with Gasteiger partial charge in [0, 0.05) is 17.8 Å². The molecule has 3 heteroatoms. The third-order valence-corrected chi connectivity index (χ3v) is 5.84. The highest BCUT2D eigenvalue weighted by atomic mass is 16.3. The molecule has 4 aliphatic rings. The summed E-state index contributed by atoms with van der Waals surface area (Å²) in [6.45, 7) is 2.43. The SMILES string of the molecule is CC12CC3CC(C1)CC(C(O)c1cnccn1)(C3)C2. The van der Waals surface area contributed by atoms with Gasteiger partial charge in [-0.15, -0.1) is 0 Å². The Morgan fingerprint density at radius 3 is 2.53 bits per heavy atom. The zero-order valence-corrected chi connectivity index (χ0v) is 11.5. The third kappa shape index (κ3) is 1.74. The monoisotopic (exact) mass is 258 g/mol. The molecule has 0 radical (unpaired) electrons. The summed E-state index contributed by atoms with van der Waals surface area (Å²) < 4.78 is 0. The first-order valence-corrected chi connectivity index (χ1v) is 7.53. The molecule has 1 N–H and O–H groups in total. The van der Waals surface area contributed by atoms with Gasteiger partial charge in [0.15, 0.2) is 0 Å². The lowest BCUT2D eigenvalue weighted by Crippen LogP contribution is -2.53. The summed E-state index contributed by atoms with van der Waals surface area (Å²) >= 11 is 0. The van der Waals surface area contributed by atoms with E-state index in [4.69, 9.17) is 0 Å². The molecule has 0 saturated heterocycles. The molecule has 0 aliphatic heterocycles. The number of aliphatic hydroxyl groups excluding tert-OH is 1. The Morgan fingerprint density at radius 1 is 1.21 bits per heavy atom. The summed E-state index contributed by atoms with van der Waals surface area (Å²) in [5, 5.41) is 10.9. The van der Waals surface area contributed by atoms with Gasteiger partial charge in [-0.25, -0.2) is 0 Å². The van der Waals surface area contributed by atoms with Crippen molar-refractivity contribution in [1.29, 1.82) is 0 Å². The minimum Gasteiger partial charge on any atom is -0.386 e. The van der Waals surface area contributed by atoms with E-state index in [0.717, 1.165) is 17.5 Å². The van der Waals surface area contributed by atoms with Crippen molar-refractivity contribution in [3.8, 4) is 0 Å². The Hall–Kier alpha value is -0.960. The Bertz CT molecular complexity index is 473. The lowest BCUT2D eigenvalue weighted by molar-refractivity contribution is -0.156. The summed E-state index contributed by atoms with van der Waals surface area (Å²) in [7, 11) is 0. The zero-order chi connectivity index (χ0) is 13.1. The normalized spacial score (nSPS) is 45.4. The molecule has 1 heterocycles. The molecule has 0 spiro atoms. The minimum atomic E-state index is -0.425. The fourth-order valence-corrected chi connectivity index (χ4v) is 5.88. The van der Waals surface area contributed by atoms with E-state index >= 15 is 0 Å². The van der Waals surface area contributed by atoms with E-state index < -0.39 is 6.10 Å². The number of aromatic nitrogens is 2. The average molecular weight is 258 g/mol. The molecule has 3 nitrogen and oxygen atoms in total. The average Bonchev–Trinajstić information content (AvgIpc) is 2.36. The van der Waals surface area contributed by atoms with Crippen LogP contribution >= 0.6 is 0 Å². The van der Waals surface area contributed by atoms with Gasteiger partial charge in [0.05, 0.1) is 11.9 Å². The molecule has 102 valence electrons. The van der Waals surface area contributed by atoms with Gasteiger partial charge >= 0.3 is 0 Å². The third-order valence-electron chi connectivity index (χ3n) is 5.84. The lowest BCUT2D eigenvalue weighted by Gasteiger charge is -2.62. The van der Waals surface area contributed by atoms with Crippen molar-refractivity contribution in [3.05, 3.63) is 24.3 Å². The van der Waals surface area contributed by atoms with Gasteiger partial charge in [0.1, 0.15) is 6.10 Å². The van der Waals surface area contributed by atoms with Crippen molar-refractivity contribution in [2.24, 2.45) is 22.7 Å². The van der Waals surface area contributed by atoms with Crippen LogP contribution in [0.3, 0.4) is 0 Å². The highest BCUT2D eigenvalue weighted by Gasteiger charge is 2.58. The standard InChI is InChI=1S/C16H22N2O/c1-15-5-11-4-12(6-15)8-16(7-11,10-15)14(19)13-9-17-2-3-18-13/h2-3,9,11-12,14,19H,4-8,10H2,1H3. The van der Waals surface area contributed by atoms with Crippen molar-refractivity contribution in [2.45, 2.75) is 51.6 Å². The van der Waals surface area contributed by atoms with E-state index in [1.54, 1.807) is 18.6 Å². The molecule has 4 aliphatic carbocycles. The number of nitrogens with zero attached hydrogens (tertiary/aromatic N) is 2. The fourth-order valence-electron chi connectivity index (χ4n) is 5.88. The van der Waals surface area contributed by atoms with Crippen LogP contribution in [0.25, 0.3) is 0 Å². The Kier molecular flexibility index (Phi) is 2.36. The molecular formula is C16H22N2O. The van der Waals surface area contributed by atoms with Gasteiger partial charge in [-0.3, -0.25) is 9.97 Å². The van der Waals surface area contributed by atoms with E-state index in [0.29, 0.717) is 5.41 Å². The number of aliphatic hydroxyl groups is 1. The fraction of sp³-hybridized carbons (Fsp3) is 0.750. The molecule has 0 aromatic carbocycles. The topological polar surface area (TPSA) is 46.0 Å². The van der Waals surface area contributed by atoms with E-state index in [1.807, 2.05) is 0 Å². The van der Waals surface area contributed by atoms with Crippen LogP contribution in [0.2, 0.25) is 0 Å². The first-order chi connectivity index (χ1) is 9.09. The van der Waals surface area contributed by atoms with Gasteiger partial charge in [-0.05, 0) is 55.8 Å². The van der Waals surface area contributed by atoms with Crippen LogP contribution in [0.1, 0.15) is 57.2 Å². The predicted octanol–water partition coefficient (Wildman–Crippen LogP) is 3.12. The number of hydrogen-bond donors (Lipinski definition) is 1. The highest BCUT2D eigenvalue weighted by molar-refractivity contribution is 5.14. The maximum atomic E-state index is 10.9. The van der Waals surface area contributed by atoms with Crippen LogP contribution in [0.4, 0.5) is 0 Å². The van der Waals surface area contributed by atoms with Crippen molar-refractivity contribution in [1.82, 2.24) is 9.97 Å². The van der Waals surface area contributed by atoms with Crippen LogP contribution < -0.4 is 0 Å². The largest absolute Gasteiger partial charge is 0.386 e. The second-order valence-electron chi connectivity index (χ2n) is 7.67. The van der Waals surface area contributed by atoms with E-state index in [2.05, 4.69) is 16.9 Å². The zero-order valence-electron chi connectivity index (χ0n) is 11.5. The molecule has 3 unspecified atom stereocenters. The van der Waals surface area contributed by atoms with Crippen LogP contribution in [-0.2, 0) is 0 Å². The Morgan fingerprint density at radius 2 is 1.95 bits per heavy atom. The molecule has 3 atom stereocenters. The molecule has 4 saturated carbocycles. The van der Waals surface area contributed by atoms with E-state index in [-0.39, 0.29) is 5.41 Å². The molecular weight excluding hydrogens is 236 g/mol. The van der Waals surface area contributed by atoms with Gasteiger partial charge in [-0.1, -0.05) is 6.92 Å². The second-order valence-corrected chi connectivity index (χ2v) is 7.67. The maximum absolute atomic E-state index is 10.9. The molecule has 4 bridgehead atoms. The van der Waals surface area contributed by atoms with Crippen LogP contribution in [0, 0.1) is 22.7 Å². The highest BCUT2D eigenvalue weighted by Crippen LogP contribution is 2.68. The summed E-state index contributed by atoms with van der Waals surface area (Å²) in [5.41, 5.74) is 1.32. The van der Waals surface area contributed by atoms with Crippen LogP contribution in [0.5, 0.6) is 0 Å². The molecule has 1 aromatic heterocycles. The van der Waals surface area contributed by atoms with Crippen LogP contribution in [-0.4, -0.2) is 15.1 Å². The van der Waals surface area contributed by atoms with E-state index in [1.165, 1.54) is 38.5 Å². The number of hydrogen-bond acceptors (Lipinski definition) is 3. The molecule has 19 heavy (non-hydrogen) atoms. The van der Waals surface area contributed by atoms with Crippen molar-refractivity contribution >= 4 is 0 Å². The molecule has 5 rings (SSSR count). The predicted molar refractivity (Wildman–Crippen MR) is 72.2 cm³/mol. The smallest absolute Gasteiger partial charge is 0.103 e. The summed E-state index contributed by atoms with van der Waals surface area (Å²) in [4.78, 5) is 8.47. The maximum Gasteiger partial charge on any atom is 0.103 e. The van der Waals surface area contributed by atoms with Gasteiger partial charge in [0.2, 0.25) is 0 Å². The summed E-state index contributed by atoms with van der Waals surface area (Å²) in [6.07, 6.45) is 12.4. The molecule has 0 amide bonds. The second kappa shape index (κ2) is 3.78. The lowest BCUT2D eigenvalue weighted by atomic mass is 9.43. The van der Waals surface area contributed by atoms with Gasteiger partial charge in [-0.2, -0.15) is 0 Å². The summed E-state index contributed by atoms with van der Waals surface area (Å²) in [5.74, 6) is 1.66. The van der Waals surface area contributed by atoms with Gasteiger partial charge in [0.25, 0.3) is 0 Å². The van der Waals surface area contributed by atoms with Crippen LogP contribution in [0.15, 0.2) is 18.6 Å². The number of rotatable bonds is 2. The van der Waals surface area contributed by atoms with Crippen molar-refractivity contribution < 1.29 is 5.11 Å². The Labute approximate surface area is 114 Å². The van der Waals surface area contributed by atoms with Crippen molar-refractivity contribution in [3.63, 3.8) is 0 Å². The molecule has 4 fully saturated rings. The van der Waals surface area contributed by atoms with Gasteiger partial charge < -0.3 is 5.11 Å². The minimum absolute atomic E-state index is 0.0782. The van der Waals surface area contributed by atoms with E-state index in [9.17, 15) is 5.11 Å². The Balaban J connectivity index is 1.70.